The Labute approximate surface area is 126 Å². The van der Waals surface area contributed by atoms with Gasteiger partial charge in [-0.2, -0.15) is 0 Å². The van der Waals surface area contributed by atoms with Gasteiger partial charge in [-0.1, -0.05) is 20.3 Å². The first kappa shape index (κ1) is 14.7. The van der Waals surface area contributed by atoms with E-state index in [0.717, 1.165) is 38.8 Å². The molecule has 0 aromatic rings. The lowest BCUT2D eigenvalue weighted by Crippen LogP contribution is -2.52. The number of carbonyl (C=O) groups is 2. The van der Waals surface area contributed by atoms with Crippen LogP contribution in [0.25, 0.3) is 0 Å². The molecule has 2 aliphatic heterocycles. The van der Waals surface area contributed by atoms with Crippen LogP contribution >= 0.6 is 0 Å². The van der Waals surface area contributed by atoms with Gasteiger partial charge in [0.05, 0.1) is 0 Å². The Morgan fingerprint density at radius 2 is 1.81 bits per heavy atom. The zero-order valence-corrected chi connectivity index (χ0v) is 13.0. The van der Waals surface area contributed by atoms with Gasteiger partial charge < -0.3 is 14.9 Å². The number of hydrogen-bond acceptors (Lipinski definition) is 2. The summed E-state index contributed by atoms with van der Waals surface area (Å²) in [7, 11) is 0. The van der Waals surface area contributed by atoms with E-state index in [4.69, 9.17) is 0 Å². The number of amides is 2. The lowest BCUT2D eigenvalue weighted by molar-refractivity contribution is -0.142. The van der Waals surface area contributed by atoms with Crippen molar-refractivity contribution in [1.82, 2.24) is 9.80 Å². The second kappa shape index (κ2) is 5.50. The van der Waals surface area contributed by atoms with Crippen LogP contribution in [0.3, 0.4) is 0 Å². The third-order valence-corrected chi connectivity index (χ3v) is 5.99. The van der Waals surface area contributed by atoms with Gasteiger partial charge in [0.1, 0.15) is 6.04 Å². The normalized spacial score (nSPS) is 39.4. The minimum Gasteiger partial charge on any atom is -0.480 e. The quantitative estimate of drug-likeness (QED) is 0.807. The number of carbonyl (C=O) groups excluding carboxylic acids is 1. The Kier molecular flexibility index (Phi) is 3.84. The lowest BCUT2D eigenvalue weighted by atomic mass is 9.89. The number of urea groups is 1. The van der Waals surface area contributed by atoms with Crippen molar-refractivity contribution in [2.75, 3.05) is 19.6 Å². The molecule has 118 valence electrons. The number of nitrogens with zero attached hydrogens (tertiary/aromatic N) is 2. The van der Waals surface area contributed by atoms with E-state index in [1.54, 1.807) is 4.90 Å². The standard InChI is InChI=1S/C16H26N2O3/c1-10-6-7-17(8-11(10)2)16(21)18-9-12-4-3-5-13(12)14(18)15(19)20/h10-14H,3-9H2,1-2H3,(H,19,20). The number of carboxylic acids is 1. The molecule has 0 aromatic carbocycles. The summed E-state index contributed by atoms with van der Waals surface area (Å²) in [4.78, 5) is 28.0. The second-order valence-corrected chi connectivity index (χ2v) is 7.26. The molecule has 1 aliphatic carbocycles. The van der Waals surface area contributed by atoms with E-state index in [1.807, 2.05) is 4.90 Å². The number of hydrogen-bond donors (Lipinski definition) is 1. The fraction of sp³-hybridized carbons (Fsp3) is 0.875. The van der Waals surface area contributed by atoms with Crippen molar-refractivity contribution in [3.8, 4) is 0 Å². The Bertz CT molecular complexity index is 439. The van der Waals surface area contributed by atoms with Gasteiger partial charge in [-0.3, -0.25) is 0 Å². The Balaban J connectivity index is 1.73. The van der Waals surface area contributed by atoms with Crippen LogP contribution in [-0.2, 0) is 4.79 Å². The molecule has 5 atom stereocenters. The van der Waals surface area contributed by atoms with E-state index in [1.165, 1.54) is 0 Å². The molecular weight excluding hydrogens is 268 g/mol. The van der Waals surface area contributed by atoms with E-state index < -0.39 is 12.0 Å². The minimum absolute atomic E-state index is 0.0458. The summed E-state index contributed by atoms with van der Waals surface area (Å²) >= 11 is 0. The third-order valence-electron chi connectivity index (χ3n) is 5.99. The maximum Gasteiger partial charge on any atom is 0.326 e. The van der Waals surface area contributed by atoms with Gasteiger partial charge in [0.25, 0.3) is 0 Å². The molecule has 0 aromatic heterocycles. The topological polar surface area (TPSA) is 60.9 Å². The van der Waals surface area contributed by atoms with E-state index in [2.05, 4.69) is 13.8 Å². The maximum atomic E-state index is 12.8. The Morgan fingerprint density at radius 3 is 2.48 bits per heavy atom. The summed E-state index contributed by atoms with van der Waals surface area (Å²) in [5.74, 6) is 0.885. The molecule has 2 amide bonds. The zero-order chi connectivity index (χ0) is 15.1. The van der Waals surface area contributed by atoms with Crippen molar-refractivity contribution in [3.05, 3.63) is 0 Å². The number of fused-ring (bicyclic) bond motifs is 1. The fourth-order valence-electron chi connectivity index (χ4n) is 4.44. The van der Waals surface area contributed by atoms with Crippen LogP contribution in [0.4, 0.5) is 4.79 Å². The molecule has 5 heteroatoms. The van der Waals surface area contributed by atoms with E-state index in [0.29, 0.717) is 24.3 Å². The van der Waals surface area contributed by atoms with Crippen molar-refractivity contribution in [3.63, 3.8) is 0 Å². The number of piperidine rings is 1. The molecule has 2 saturated heterocycles. The van der Waals surface area contributed by atoms with Crippen molar-refractivity contribution < 1.29 is 14.7 Å². The minimum atomic E-state index is -0.823. The highest BCUT2D eigenvalue weighted by atomic mass is 16.4. The molecule has 5 unspecified atom stereocenters. The second-order valence-electron chi connectivity index (χ2n) is 7.26. The third kappa shape index (κ3) is 2.51. The van der Waals surface area contributed by atoms with Crippen LogP contribution in [0, 0.1) is 23.7 Å². The van der Waals surface area contributed by atoms with Crippen LogP contribution < -0.4 is 0 Å². The highest BCUT2D eigenvalue weighted by Crippen LogP contribution is 2.42. The molecule has 21 heavy (non-hydrogen) atoms. The van der Waals surface area contributed by atoms with E-state index in [9.17, 15) is 14.7 Å². The molecule has 3 rings (SSSR count). The van der Waals surface area contributed by atoms with Gasteiger partial charge >= 0.3 is 12.0 Å². The van der Waals surface area contributed by atoms with Crippen LogP contribution in [-0.4, -0.2) is 52.6 Å². The summed E-state index contributed by atoms with van der Waals surface area (Å²) in [6.07, 6.45) is 4.16. The van der Waals surface area contributed by atoms with Crippen LogP contribution in [0.5, 0.6) is 0 Å². The summed E-state index contributed by atoms with van der Waals surface area (Å²) in [5.41, 5.74) is 0. The SMILES string of the molecule is CC1CCN(C(=O)N2CC3CCCC3C2C(=O)O)CC1C. The first-order chi connectivity index (χ1) is 9.99. The first-order valence-electron chi connectivity index (χ1n) is 8.27. The molecule has 2 heterocycles. The molecule has 3 fully saturated rings. The molecule has 1 saturated carbocycles. The van der Waals surface area contributed by atoms with Crippen molar-refractivity contribution in [2.45, 2.75) is 45.6 Å². The van der Waals surface area contributed by atoms with Gasteiger partial charge in [0.2, 0.25) is 0 Å². The molecule has 1 N–H and O–H groups in total. The van der Waals surface area contributed by atoms with Crippen LogP contribution in [0.1, 0.15) is 39.5 Å². The molecule has 5 nitrogen and oxygen atoms in total. The van der Waals surface area contributed by atoms with Gasteiger partial charge in [-0.15, -0.1) is 0 Å². The number of likely N-dealkylation sites (tertiary alicyclic amines) is 2. The fourth-order valence-corrected chi connectivity index (χ4v) is 4.44. The summed E-state index contributed by atoms with van der Waals surface area (Å²) < 4.78 is 0. The number of carboxylic acid groups (broad SMARTS) is 1. The van der Waals surface area contributed by atoms with Gasteiger partial charge in [-0.05, 0) is 42.9 Å². The zero-order valence-electron chi connectivity index (χ0n) is 13.0. The molecule has 0 spiro atoms. The average molecular weight is 294 g/mol. The predicted molar refractivity (Wildman–Crippen MR) is 78.9 cm³/mol. The molecular formula is C16H26N2O3. The average Bonchev–Trinajstić information content (AvgIpc) is 3.00. The van der Waals surface area contributed by atoms with E-state index in [-0.39, 0.29) is 11.9 Å². The summed E-state index contributed by atoms with van der Waals surface area (Å²) in [6, 6.07) is -0.643. The summed E-state index contributed by atoms with van der Waals surface area (Å²) in [5, 5.41) is 9.56. The monoisotopic (exact) mass is 294 g/mol. The Morgan fingerprint density at radius 1 is 1.05 bits per heavy atom. The number of rotatable bonds is 1. The highest BCUT2D eigenvalue weighted by molar-refractivity contribution is 5.84. The largest absolute Gasteiger partial charge is 0.480 e. The van der Waals surface area contributed by atoms with Crippen LogP contribution in [0.2, 0.25) is 0 Å². The van der Waals surface area contributed by atoms with Crippen molar-refractivity contribution >= 4 is 12.0 Å². The molecule has 0 radical (unpaired) electrons. The highest BCUT2D eigenvalue weighted by Gasteiger charge is 2.50. The summed E-state index contributed by atoms with van der Waals surface area (Å²) in [6.45, 7) is 6.58. The van der Waals surface area contributed by atoms with Gasteiger partial charge in [0, 0.05) is 19.6 Å². The first-order valence-corrected chi connectivity index (χ1v) is 8.27. The van der Waals surface area contributed by atoms with Crippen molar-refractivity contribution in [2.24, 2.45) is 23.7 Å². The molecule has 3 aliphatic rings. The van der Waals surface area contributed by atoms with Crippen LogP contribution in [0.15, 0.2) is 0 Å². The Hall–Kier alpha value is -1.26. The van der Waals surface area contributed by atoms with Gasteiger partial charge in [-0.25, -0.2) is 9.59 Å². The maximum absolute atomic E-state index is 12.8. The predicted octanol–water partition coefficient (Wildman–Crippen LogP) is 2.27. The number of aliphatic carboxylic acids is 1. The molecule has 0 bridgehead atoms. The smallest absolute Gasteiger partial charge is 0.326 e. The lowest BCUT2D eigenvalue weighted by Gasteiger charge is -2.38. The van der Waals surface area contributed by atoms with Gasteiger partial charge in [0.15, 0.2) is 0 Å². The van der Waals surface area contributed by atoms with E-state index >= 15 is 0 Å². The van der Waals surface area contributed by atoms with Crippen molar-refractivity contribution in [1.29, 1.82) is 0 Å².